The van der Waals surface area contributed by atoms with Crippen LogP contribution in [0.15, 0.2) is 42.7 Å². The fourth-order valence-electron chi connectivity index (χ4n) is 3.75. The smallest absolute Gasteiger partial charge is 0.150 e. The Balaban J connectivity index is 1.61. The van der Waals surface area contributed by atoms with Gasteiger partial charge in [-0.05, 0) is 43.7 Å². The molecule has 1 unspecified atom stereocenters. The molecule has 3 aromatic rings. The Kier molecular flexibility index (Phi) is 4.31. The lowest BCUT2D eigenvalue weighted by molar-refractivity contribution is 0.243. The van der Waals surface area contributed by atoms with Gasteiger partial charge in [0.25, 0.3) is 0 Å². The van der Waals surface area contributed by atoms with E-state index >= 15 is 0 Å². The molecule has 3 aromatic heterocycles. The maximum atomic E-state index is 9.64. The zero-order chi connectivity index (χ0) is 18.1. The normalized spacial score (nSPS) is 17.5. The minimum Gasteiger partial charge on any atom is -0.361 e. The predicted molar refractivity (Wildman–Crippen MR) is 101 cm³/mol. The predicted octanol–water partition coefficient (Wildman–Crippen LogP) is 3.00. The lowest BCUT2D eigenvalue weighted by atomic mass is 10.1. The van der Waals surface area contributed by atoms with Crippen LogP contribution in [0.4, 0.5) is 5.82 Å². The molecule has 0 spiro atoms. The van der Waals surface area contributed by atoms with Gasteiger partial charge in [-0.2, -0.15) is 10.4 Å². The van der Waals surface area contributed by atoms with Crippen LogP contribution in [0, 0.1) is 11.3 Å². The standard InChI is InChI=1S/C20H22N6/c1-24(2)20-9-8-17(22-23-20)19-7-5-11-26(19)14-15-13-25-10-4-3-6-18(25)16(15)12-21/h3-4,6,8-10,13,19H,5,7,11,14H2,1-2H3. The molecule has 26 heavy (non-hydrogen) atoms. The summed E-state index contributed by atoms with van der Waals surface area (Å²) in [6, 6.07) is 12.7. The van der Waals surface area contributed by atoms with E-state index in [2.05, 4.69) is 33.4 Å². The zero-order valence-electron chi connectivity index (χ0n) is 15.1. The third-order valence-corrected chi connectivity index (χ3v) is 5.08. The van der Waals surface area contributed by atoms with Crippen LogP contribution in [0.1, 0.15) is 35.7 Å². The highest BCUT2D eigenvalue weighted by atomic mass is 15.3. The van der Waals surface area contributed by atoms with E-state index in [0.717, 1.165) is 54.1 Å². The van der Waals surface area contributed by atoms with Crippen LogP contribution in [0.2, 0.25) is 0 Å². The highest BCUT2D eigenvalue weighted by Gasteiger charge is 2.28. The Hall–Kier alpha value is -2.91. The molecule has 1 saturated heterocycles. The molecule has 132 valence electrons. The average molecular weight is 346 g/mol. The van der Waals surface area contributed by atoms with Gasteiger partial charge in [0.2, 0.25) is 0 Å². The topological polar surface area (TPSA) is 60.5 Å². The van der Waals surface area contributed by atoms with Gasteiger partial charge in [-0.15, -0.1) is 5.10 Å². The molecule has 6 nitrogen and oxygen atoms in total. The van der Waals surface area contributed by atoms with Crippen molar-refractivity contribution in [1.29, 1.82) is 5.26 Å². The molecule has 4 rings (SSSR count). The minimum atomic E-state index is 0.258. The van der Waals surface area contributed by atoms with Crippen LogP contribution in [0.5, 0.6) is 0 Å². The molecule has 0 radical (unpaired) electrons. The molecule has 0 aliphatic carbocycles. The lowest BCUT2D eigenvalue weighted by Gasteiger charge is -2.23. The third kappa shape index (κ3) is 2.91. The van der Waals surface area contributed by atoms with Crippen molar-refractivity contribution in [2.45, 2.75) is 25.4 Å². The number of fused-ring (bicyclic) bond motifs is 1. The molecular formula is C20H22N6. The van der Waals surface area contributed by atoms with Crippen LogP contribution in [-0.2, 0) is 6.54 Å². The number of rotatable bonds is 4. The number of hydrogen-bond donors (Lipinski definition) is 0. The Morgan fingerprint density at radius 3 is 2.85 bits per heavy atom. The molecule has 6 heteroatoms. The van der Waals surface area contributed by atoms with Crippen molar-refractivity contribution in [1.82, 2.24) is 19.5 Å². The second kappa shape index (κ2) is 6.77. The molecule has 0 N–H and O–H groups in total. The minimum absolute atomic E-state index is 0.258. The summed E-state index contributed by atoms with van der Waals surface area (Å²) in [5, 5.41) is 18.4. The Labute approximate surface area is 153 Å². The maximum Gasteiger partial charge on any atom is 0.150 e. The molecule has 1 aliphatic rings. The molecule has 0 amide bonds. The summed E-state index contributed by atoms with van der Waals surface area (Å²) < 4.78 is 2.03. The van der Waals surface area contributed by atoms with Crippen LogP contribution in [0.25, 0.3) is 5.52 Å². The number of hydrogen-bond acceptors (Lipinski definition) is 5. The molecule has 1 fully saturated rings. The van der Waals surface area contributed by atoms with Gasteiger partial charge in [0, 0.05) is 38.6 Å². The third-order valence-electron chi connectivity index (χ3n) is 5.08. The largest absolute Gasteiger partial charge is 0.361 e. The Morgan fingerprint density at radius 2 is 2.12 bits per heavy atom. The van der Waals surface area contributed by atoms with Gasteiger partial charge in [0.15, 0.2) is 5.82 Å². The second-order valence-corrected chi connectivity index (χ2v) is 6.97. The van der Waals surface area contributed by atoms with Crippen LogP contribution in [-0.4, -0.2) is 40.1 Å². The summed E-state index contributed by atoms with van der Waals surface area (Å²) in [5.41, 5.74) is 3.82. The molecule has 0 saturated carbocycles. The van der Waals surface area contributed by atoms with E-state index in [9.17, 15) is 5.26 Å². The van der Waals surface area contributed by atoms with E-state index in [0.29, 0.717) is 0 Å². The van der Waals surface area contributed by atoms with Crippen molar-refractivity contribution in [2.75, 3.05) is 25.5 Å². The maximum absolute atomic E-state index is 9.64. The Bertz CT molecular complexity index is 951. The first kappa shape index (κ1) is 16.6. The second-order valence-electron chi connectivity index (χ2n) is 6.97. The van der Waals surface area contributed by atoms with Gasteiger partial charge in [0.1, 0.15) is 6.07 Å². The summed E-state index contributed by atoms with van der Waals surface area (Å²) in [5.74, 6) is 0.865. The quantitative estimate of drug-likeness (QED) is 0.727. The van der Waals surface area contributed by atoms with Crippen molar-refractivity contribution < 1.29 is 0 Å². The first-order valence-corrected chi connectivity index (χ1v) is 8.91. The van der Waals surface area contributed by atoms with Crippen LogP contribution >= 0.6 is 0 Å². The van der Waals surface area contributed by atoms with Crippen molar-refractivity contribution in [2.24, 2.45) is 0 Å². The van der Waals surface area contributed by atoms with E-state index in [1.807, 2.05) is 53.9 Å². The average Bonchev–Trinajstić information content (AvgIpc) is 3.25. The van der Waals surface area contributed by atoms with E-state index < -0.39 is 0 Å². The Morgan fingerprint density at radius 1 is 1.23 bits per heavy atom. The monoisotopic (exact) mass is 346 g/mol. The van der Waals surface area contributed by atoms with Gasteiger partial charge in [-0.3, -0.25) is 4.90 Å². The van der Waals surface area contributed by atoms with Crippen molar-refractivity contribution in [3.63, 3.8) is 0 Å². The van der Waals surface area contributed by atoms with E-state index in [1.54, 1.807) is 0 Å². The molecule has 0 aromatic carbocycles. The van der Waals surface area contributed by atoms with Crippen LogP contribution in [0.3, 0.4) is 0 Å². The van der Waals surface area contributed by atoms with Gasteiger partial charge in [0.05, 0.1) is 22.8 Å². The summed E-state index contributed by atoms with van der Waals surface area (Å²) in [7, 11) is 3.93. The van der Waals surface area contributed by atoms with Crippen molar-refractivity contribution >= 4 is 11.3 Å². The summed E-state index contributed by atoms with van der Waals surface area (Å²) in [6.07, 6.45) is 6.28. The summed E-state index contributed by atoms with van der Waals surface area (Å²) >= 11 is 0. The van der Waals surface area contributed by atoms with Gasteiger partial charge in [-0.1, -0.05) is 6.07 Å². The van der Waals surface area contributed by atoms with Gasteiger partial charge >= 0.3 is 0 Å². The van der Waals surface area contributed by atoms with Crippen molar-refractivity contribution in [3.8, 4) is 6.07 Å². The molecule has 1 atom stereocenters. The first-order chi connectivity index (χ1) is 12.7. The van der Waals surface area contributed by atoms with E-state index in [4.69, 9.17) is 0 Å². The number of nitrogens with zero attached hydrogens (tertiary/aromatic N) is 6. The zero-order valence-corrected chi connectivity index (χ0v) is 15.1. The SMILES string of the molecule is CN(C)c1ccc(C2CCCN2Cc2cn3ccccc3c2C#N)nn1. The van der Waals surface area contributed by atoms with Crippen LogP contribution < -0.4 is 4.90 Å². The fraction of sp³-hybridized carbons (Fsp3) is 0.350. The molecular weight excluding hydrogens is 324 g/mol. The number of likely N-dealkylation sites (tertiary alicyclic amines) is 1. The van der Waals surface area contributed by atoms with E-state index in [-0.39, 0.29) is 6.04 Å². The number of pyridine rings is 1. The fourth-order valence-corrected chi connectivity index (χ4v) is 3.75. The van der Waals surface area contributed by atoms with Gasteiger partial charge in [-0.25, -0.2) is 0 Å². The highest BCUT2D eigenvalue weighted by Crippen LogP contribution is 2.33. The number of anilines is 1. The van der Waals surface area contributed by atoms with E-state index in [1.165, 1.54) is 0 Å². The molecule has 1 aliphatic heterocycles. The van der Waals surface area contributed by atoms with Crippen molar-refractivity contribution in [3.05, 3.63) is 59.5 Å². The number of aromatic nitrogens is 3. The van der Waals surface area contributed by atoms with Gasteiger partial charge < -0.3 is 9.30 Å². The number of nitriles is 1. The summed E-state index contributed by atoms with van der Waals surface area (Å²) in [4.78, 5) is 4.37. The highest BCUT2D eigenvalue weighted by molar-refractivity contribution is 5.65. The molecule has 4 heterocycles. The first-order valence-electron chi connectivity index (χ1n) is 8.91. The molecule has 0 bridgehead atoms. The summed E-state index contributed by atoms with van der Waals surface area (Å²) in [6.45, 7) is 1.77. The lowest BCUT2D eigenvalue weighted by Crippen LogP contribution is -2.24.